The van der Waals surface area contributed by atoms with E-state index in [9.17, 15) is 17.6 Å². The zero-order valence-electron chi connectivity index (χ0n) is 16.1. The number of oxazole rings is 1. The number of ketones is 1. The molecule has 5 nitrogen and oxygen atoms in total. The van der Waals surface area contributed by atoms with Gasteiger partial charge in [-0.3, -0.25) is 4.79 Å². The lowest BCUT2D eigenvalue weighted by atomic mass is 10.2. The van der Waals surface area contributed by atoms with Crippen molar-refractivity contribution in [2.45, 2.75) is 15.0 Å². The standard InChI is InChI=1S/C23H16FNO4S2/c24-18-11-13-19(14-12-18)31(27,28)22-23(29-21(25-22)17-9-5-2-6-10-17)30-15-20(26)16-7-3-1-4-8-16/h1-14H,15H2. The van der Waals surface area contributed by atoms with Gasteiger partial charge in [0.1, 0.15) is 5.82 Å². The van der Waals surface area contributed by atoms with Crippen LogP contribution in [0.4, 0.5) is 4.39 Å². The molecular weight excluding hydrogens is 437 g/mol. The quantitative estimate of drug-likeness (QED) is 0.215. The third kappa shape index (κ3) is 4.60. The van der Waals surface area contributed by atoms with Crippen molar-refractivity contribution in [3.8, 4) is 11.5 Å². The van der Waals surface area contributed by atoms with Gasteiger partial charge in [-0.1, -0.05) is 60.3 Å². The van der Waals surface area contributed by atoms with Crippen LogP contribution in [-0.4, -0.2) is 24.9 Å². The molecule has 0 saturated heterocycles. The summed E-state index contributed by atoms with van der Waals surface area (Å²) in [6, 6.07) is 22.0. The highest BCUT2D eigenvalue weighted by molar-refractivity contribution is 8.00. The van der Waals surface area contributed by atoms with Gasteiger partial charge in [0.25, 0.3) is 0 Å². The van der Waals surface area contributed by atoms with Gasteiger partial charge in [-0.15, -0.1) is 0 Å². The van der Waals surface area contributed by atoms with Crippen LogP contribution in [0, 0.1) is 5.82 Å². The third-order valence-electron chi connectivity index (χ3n) is 4.40. The number of carbonyl (C=O) groups excluding carboxylic acids is 1. The van der Waals surface area contributed by atoms with E-state index in [1.807, 2.05) is 6.07 Å². The van der Waals surface area contributed by atoms with Crippen LogP contribution >= 0.6 is 11.8 Å². The van der Waals surface area contributed by atoms with E-state index in [-0.39, 0.29) is 32.4 Å². The Balaban J connectivity index is 1.71. The van der Waals surface area contributed by atoms with E-state index >= 15 is 0 Å². The zero-order valence-corrected chi connectivity index (χ0v) is 17.7. The summed E-state index contributed by atoms with van der Waals surface area (Å²) in [7, 11) is -4.09. The van der Waals surface area contributed by atoms with Crippen molar-refractivity contribution >= 4 is 27.4 Å². The van der Waals surface area contributed by atoms with Crippen molar-refractivity contribution in [3.63, 3.8) is 0 Å². The smallest absolute Gasteiger partial charge is 0.228 e. The van der Waals surface area contributed by atoms with Gasteiger partial charge in [-0.05, 0) is 36.4 Å². The van der Waals surface area contributed by atoms with Gasteiger partial charge in [-0.25, -0.2) is 12.8 Å². The second-order valence-corrected chi connectivity index (χ2v) is 9.33. The van der Waals surface area contributed by atoms with Crippen LogP contribution in [0.3, 0.4) is 0 Å². The average molecular weight is 454 g/mol. The second-order valence-electron chi connectivity index (χ2n) is 6.51. The molecule has 0 spiro atoms. The van der Waals surface area contributed by atoms with E-state index in [1.54, 1.807) is 54.6 Å². The van der Waals surface area contributed by atoms with Crippen LogP contribution in [0.2, 0.25) is 0 Å². The summed E-state index contributed by atoms with van der Waals surface area (Å²) in [6.07, 6.45) is 0. The summed E-state index contributed by atoms with van der Waals surface area (Å²) in [4.78, 5) is 16.6. The number of hydrogen-bond donors (Lipinski definition) is 0. The monoisotopic (exact) mass is 453 g/mol. The van der Waals surface area contributed by atoms with Gasteiger partial charge in [0.05, 0.1) is 10.6 Å². The molecular formula is C23H16FNO4S2. The summed E-state index contributed by atoms with van der Waals surface area (Å²) in [5.41, 5.74) is 1.11. The molecule has 0 aliphatic heterocycles. The highest BCUT2D eigenvalue weighted by Crippen LogP contribution is 2.35. The number of sulfone groups is 1. The van der Waals surface area contributed by atoms with Gasteiger partial charge < -0.3 is 4.42 Å². The molecule has 0 atom stereocenters. The summed E-state index contributed by atoms with van der Waals surface area (Å²) in [5, 5.41) is -0.295. The summed E-state index contributed by atoms with van der Waals surface area (Å²) < 4.78 is 45.4. The van der Waals surface area contributed by atoms with Crippen LogP contribution in [0.25, 0.3) is 11.5 Å². The van der Waals surface area contributed by atoms with E-state index in [1.165, 1.54) is 12.1 Å². The van der Waals surface area contributed by atoms with E-state index in [2.05, 4.69) is 4.98 Å². The van der Waals surface area contributed by atoms with Gasteiger partial charge in [0.2, 0.25) is 25.8 Å². The van der Waals surface area contributed by atoms with E-state index in [0.717, 1.165) is 23.9 Å². The molecule has 1 aromatic heterocycles. The molecule has 0 amide bonds. The molecule has 3 aromatic carbocycles. The van der Waals surface area contributed by atoms with Gasteiger partial charge in [0.15, 0.2) is 5.78 Å². The van der Waals surface area contributed by atoms with Gasteiger partial charge in [-0.2, -0.15) is 4.98 Å². The van der Waals surface area contributed by atoms with Crippen molar-refractivity contribution in [2.75, 3.05) is 5.75 Å². The van der Waals surface area contributed by atoms with E-state index in [4.69, 9.17) is 4.42 Å². The summed E-state index contributed by atoms with van der Waals surface area (Å²) >= 11 is 0.958. The highest BCUT2D eigenvalue weighted by Gasteiger charge is 2.29. The normalized spacial score (nSPS) is 11.4. The molecule has 0 unspecified atom stereocenters. The SMILES string of the molecule is O=C(CSc1oc(-c2ccccc2)nc1S(=O)(=O)c1ccc(F)cc1)c1ccccc1. The maximum Gasteiger partial charge on any atom is 0.228 e. The Bertz CT molecular complexity index is 1300. The number of hydrogen-bond acceptors (Lipinski definition) is 6. The first kappa shape index (κ1) is 21.0. The van der Waals surface area contributed by atoms with Crippen LogP contribution in [-0.2, 0) is 9.84 Å². The molecule has 0 radical (unpaired) electrons. The first-order valence-electron chi connectivity index (χ1n) is 9.23. The first-order valence-corrected chi connectivity index (χ1v) is 11.7. The average Bonchev–Trinajstić information content (AvgIpc) is 3.24. The van der Waals surface area contributed by atoms with Crippen molar-refractivity contribution in [3.05, 3.63) is 96.3 Å². The van der Waals surface area contributed by atoms with Crippen molar-refractivity contribution in [2.24, 2.45) is 0 Å². The van der Waals surface area contributed by atoms with Crippen LogP contribution in [0.15, 0.2) is 104 Å². The van der Waals surface area contributed by atoms with Gasteiger partial charge >= 0.3 is 0 Å². The number of rotatable bonds is 7. The molecule has 156 valence electrons. The minimum Gasteiger partial charge on any atom is -0.428 e. The number of thioether (sulfide) groups is 1. The summed E-state index contributed by atoms with van der Waals surface area (Å²) in [6.45, 7) is 0. The number of carbonyl (C=O) groups is 1. The fourth-order valence-corrected chi connectivity index (χ4v) is 5.24. The number of aromatic nitrogens is 1. The molecule has 0 bridgehead atoms. The molecule has 4 rings (SSSR count). The molecule has 0 fully saturated rings. The Morgan fingerprint density at radius 2 is 1.52 bits per heavy atom. The lowest BCUT2D eigenvalue weighted by Gasteiger charge is -2.04. The number of nitrogens with zero attached hydrogens (tertiary/aromatic N) is 1. The van der Waals surface area contributed by atoms with Crippen molar-refractivity contribution < 1.29 is 22.0 Å². The molecule has 8 heteroatoms. The second kappa shape index (κ2) is 8.87. The van der Waals surface area contributed by atoms with Crippen molar-refractivity contribution in [1.29, 1.82) is 0 Å². The molecule has 0 aliphatic carbocycles. The highest BCUT2D eigenvalue weighted by atomic mass is 32.2. The fraction of sp³-hybridized carbons (Fsp3) is 0.0435. The number of halogens is 1. The number of benzene rings is 3. The fourth-order valence-electron chi connectivity index (χ4n) is 2.82. The molecule has 4 aromatic rings. The van der Waals surface area contributed by atoms with Crippen LogP contribution in [0.5, 0.6) is 0 Å². The molecule has 0 N–H and O–H groups in total. The predicted molar refractivity (Wildman–Crippen MR) is 115 cm³/mol. The lowest BCUT2D eigenvalue weighted by Crippen LogP contribution is -2.06. The molecule has 0 aliphatic rings. The Morgan fingerprint density at radius 1 is 0.903 bits per heavy atom. The van der Waals surface area contributed by atoms with Gasteiger partial charge in [0, 0.05) is 11.1 Å². The Kier molecular flexibility index (Phi) is 6.01. The Labute approximate surface area is 182 Å². The van der Waals surface area contributed by atoms with Crippen molar-refractivity contribution in [1.82, 2.24) is 4.98 Å². The van der Waals surface area contributed by atoms with Crippen LogP contribution in [0.1, 0.15) is 10.4 Å². The zero-order chi connectivity index (χ0) is 21.8. The maximum absolute atomic E-state index is 13.3. The topological polar surface area (TPSA) is 77.2 Å². The molecule has 1 heterocycles. The van der Waals surface area contributed by atoms with E-state index in [0.29, 0.717) is 11.1 Å². The predicted octanol–water partition coefficient (Wildman–Crippen LogP) is 5.29. The Morgan fingerprint density at radius 3 is 2.16 bits per heavy atom. The lowest BCUT2D eigenvalue weighted by molar-refractivity contribution is 0.102. The minimum absolute atomic E-state index is 0.00691. The molecule has 31 heavy (non-hydrogen) atoms. The minimum atomic E-state index is -4.09. The Hall–Kier alpha value is -3.23. The maximum atomic E-state index is 13.3. The molecule has 0 saturated carbocycles. The summed E-state index contributed by atoms with van der Waals surface area (Å²) in [5.74, 6) is -0.629. The third-order valence-corrected chi connectivity index (χ3v) is 7.15. The van der Waals surface area contributed by atoms with Crippen LogP contribution < -0.4 is 0 Å². The number of Topliss-reactive ketones (excluding diaryl/α,β-unsaturated/α-hetero) is 1. The largest absolute Gasteiger partial charge is 0.428 e. The first-order chi connectivity index (χ1) is 14.9. The van der Waals surface area contributed by atoms with E-state index < -0.39 is 15.7 Å².